The first-order valence-corrected chi connectivity index (χ1v) is 11.9. The maximum atomic E-state index is 10.6. The molecule has 34 heavy (non-hydrogen) atoms. The van der Waals surface area contributed by atoms with Crippen molar-refractivity contribution in [3.8, 4) is 39.6 Å². The summed E-state index contributed by atoms with van der Waals surface area (Å²) in [5.41, 5.74) is 4.42. The van der Waals surface area contributed by atoms with Crippen molar-refractivity contribution in [3.05, 3.63) is 54.1 Å². The van der Waals surface area contributed by atoms with Crippen molar-refractivity contribution in [2.45, 2.75) is 64.6 Å². The highest BCUT2D eigenvalue weighted by molar-refractivity contribution is 5.81. The van der Waals surface area contributed by atoms with Crippen LogP contribution < -0.4 is 20.1 Å². The highest BCUT2D eigenvalue weighted by Gasteiger charge is 2.37. The van der Waals surface area contributed by atoms with Gasteiger partial charge in [-0.25, -0.2) is 4.98 Å². The third-order valence-electron chi connectivity index (χ3n) is 6.50. The van der Waals surface area contributed by atoms with Crippen LogP contribution in [0.4, 0.5) is 5.82 Å². The molecule has 0 bridgehead atoms. The zero-order chi connectivity index (χ0) is 24.1. The van der Waals surface area contributed by atoms with Crippen LogP contribution >= 0.6 is 0 Å². The second kappa shape index (κ2) is 8.20. The minimum Gasteiger partial charge on any atom is -0.507 e. The van der Waals surface area contributed by atoms with E-state index in [1.54, 1.807) is 6.07 Å². The SMILES string of the molecule is Cc1ccc(O)c(-c2cc(-c3cccc4c3OCO4)cc(NC3CC(C)(C)NC(C)(C)C3)n2)c1. The zero-order valence-electron chi connectivity index (χ0n) is 20.5. The van der Waals surface area contributed by atoms with Gasteiger partial charge in [-0.1, -0.05) is 23.8 Å². The number of rotatable bonds is 4. The Hall–Kier alpha value is -3.25. The van der Waals surface area contributed by atoms with Crippen LogP contribution in [0.1, 0.15) is 46.1 Å². The molecule has 3 N–H and O–H groups in total. The lowest BCUT2D eigenvalue weighted by Crippen LogP contribution is -2.60. The predicted octanol–water partition coefficient (Wildman–Crippen LogP) is 5.88. The zero-order valence-corrected chi connectivity index (χ0v) is 20.5. The van der Waals surface area contributed by atoms with Crippen LogP contribution in [0.15, 0.2) is 48.5 Å². The lowest BCUT2D eigenvalue weighted by Gasteiger charge is -2.46. The number of ether oxygens (including phenoxy) is 2. The van der Waals surface area contributed by atoms with E-state index in [0.717, 1.165) is 46.8 Å². The molecule has 0 spiro atoms. The number of fused-ring (bicyclic) bond motifs is 1. The topological polar surface area (TPSA) is 75.6 Å². The van der Waals surface area contributed by atoms with Gasteiger partial charge in [-0.05, 0) is 83.4 Å². The van der Waals surface area contributed by atoms with Crippen molar-refractivity contribution >= 4 is 5.82 Å². The average Bonchev–Trinajstić information content (AvgIpc) is 3.22. The molecular formula is C28H33N3O3. The third-order valence-corrected chi connectivity index (χ3v) is 6.50. The number of benzene rings is 2. The fourth-order valence-electron chi connectivity index (χ4n) is 5.54. The Labute approximate surface area is 201 Å². The first-order chi connectivity index (χ1) is 16.1. The van der Waals surface area contributed by atoms with Gasteiger partial charge in [-0.15, -0.1) is 0 Å². The largest absolute Gasteiger partial charge is 0.507 e. The van der Waals surface area contributed by atoms with Crippen LogP contribution in [0, 0.1) is 6.92 Å². The number of hydrogen-bond acceptors (Lipinski definition) is 6. The Kier molecular flexibility index (Phi) is 5.44. The molecule has 0 saturated carbocycles. The van der Waals surface area contributed by atoms with E-state index in [9.17, 15) is 5.11 Å². The number of pyridine rings is 1. The molecule has 1 saturated heterocycles. The second-order valence-corrected chi connectivity index (χ2v) is 10.8. The summed E-state index contributed by atoms with van der Waals surface area (Å²) < 4.78 is 11.4. The van der Waals surface area contributed by atoms with Gasteiger partial charge in [0.1, 0.15) is 11.6 Å². The van der Waals surface area contributed by atoms with Gasteiger partial charge in [0.15, 0.2) is 11.5 Å². The van der Waals surface area contributed by atoms with Gasteiger partial charge in [0, 0.05) is 28.2 Å². The molecule has 5 rings (SSSR count). The van der Waals surface area contributed by atoms with E-state index < -0.39 is 0 Å². The van der Waals surface area contributed by atoms with E-state index in [0.29, 0.717) is 11.3 Å². The maximum Gasteiger partial charge on any atom is 0.231 e. The Bertz CT molecular complexity index is 1220. The number of phenols is 1. The van der Waals surface area contributed by atoms with Gasteiger partial charge in [0.05, 0.1) is 5.69 Å². The van der Waals surface area contributed by atoms with Crippen molar-refractivity contribution in [3.63, 3.8) is 0 Å². The second-order valence-electron chi connectivity index (χ2n) is 10.8. The van der Waals surface area contributed by atoms with Crippen LogP contribution in [0.2, 0.25) is 0 Å². The summed E-state index contributed by atoms with van der Waals surface area (Å²) in [4.78, 5) is 4.95. The molecule has 2 aromatic carbocycles. The summed E-state index contributed by atoms with van der Waals surface area (Å²) in [7, 11) is 0. The van der Waals surface area contributed by atoms with Crippen LogP contribution in [0.5, 0.6) is 17.2 Å². The highest BCUT2D eigenvalue weighted by atomic mass is 16.7. The number of aryl methyl sites for hydroxylation is 1. The van der Waals surface area contributed by atoms with Crippen LogP contribution in [-0.2, 0) is 0 Å². The Morgan fingerprint density at radius 2 is 1.74 bits per heavy atom. The molecule has 0 aliphatic carbocycles. The quantitative estimate of drug-likeness (QED) is 0.452. The van der Waals surface area contributed by atoms with E-state index in [1.165, 1.54) is 0 Å². The molecule has 0 radical (unpaired) electrons. The van der Waals surface area contributed by atoms with E-state index in [1.807, 2.05) is 43.3 Å². The molecule has 0 atom stereocenters. The monoisotopic (exact) mass is 459 g/mol. The molecule has 2 aliphatic heterocycles. The molecule has 2 aliphatic rings. The Balaban J connectivity index is 1.60. The summed E-state index contributed by atoms with van der Waals surface area (Å²) in [5.74, 6) is 2.47. The van der Waals surface area contributed by atoms with Crippen molar-refractivity contribution < 1.29 is 14.6 Å². The smallest absolute Gasteiger partial charge is 0.231 e. The van der Waals surface area contributed by atoms with Crippen LogP contribution in [0.25, 0.3) is 22.4 Å². The number of aromatic nitrogens is 1. The number of aromatic hydroxyl groups is 1. The summed E-state index contributed by atoms with van der Waals surface area (Å²) >= 11 is 0. The van der Waals surface area contributed by atoms with Crippen molar-refractivity contribution in [2.75, 3.05) is 12.1 Å². The van der Waals surface area contributed by atoms with Gasteiger partial charge in [0.25, 0.3) is 0 Å². The predicted molar refractivity (Wildman–Crippen MR) is 136 cm³/mol. The van der Waals surface area contributed by atoms with E-state index >= 15 is 0 Å². The van der Waals surface area contributed by atoms with E-state index in [4.69, 9.17) is 14.5 Å². The minimum atomic E-state index is 0.0140. The summed E-state index contributed by atoms with van der Waals surface area (Å²) in [6.45, 7) is 11.2. The summed E-state index contributed by atoms with van der Waals surface area (Å²) in [6.07, 6.45) is 1.95. The van der Waals surface area contributed by atoms with Crippen LogP contribution in [-0.4, -0.2) is 34.0 Å². The van der Waals surface area contributed by atoms with E-state index in [2.05, 4.69) is 44.4 Å². The van der Waals surface area contributed by atoms with Gasteiger partial charge < -0.3 is 25.2 Å². The lowest BCUT2D eigenvalue weighted by molar-refractivity contribution is 0.170. The highest BCUT2D eigenvalue weighted by Crippen LogP contribution is 2.43. The van der Waals surface area contributed by atoms with Crippen molar-refractivity contribution in [2.24, 2.45) is 0 Å². The molecule has 6 nitrogen and oxygen atoms in total. The minimum absolute atomic E-state index is 0.0140. The number of para-hydroxylation sites is 1. The molecule has 6 heteroatoms. The van der Waals surface area contributed by atoms with Gasteiger partial charge in [-0.2, -0.15) is 0 Å². The first kappa shape index (κ1) is 22.5. The number of phenolic OH excluding ortho intramolecular Hbond substituents is 1. The summed E-state index contributed by atoms with van der Waals surface area (Å²) in [6, 6.07) is 15.8. The number of hydrogen-bond donors (Lipinski definition) is 3. The standard InChI is InChI=1S/C28H33N3O3/c1-17-9-10-23(32)21(11-17)22-12-18(20-7-6-8-24-26(20)34-16-33-24)13-25(30-22)29-19-14-27(2,3)31-28(4,5)15-19/h6-13,19,31-32H,14-16H2,1-5H3,(H,29,30). The van der Waals surface area contributed by atoms with Gasteiger partial charge >= 0.3 is 0 Å². The average molecular weight is 460 g/mol. The summed E-state index contributed by atoms with van der Waals surface area (Å²) in [5, 5.41) is 18.1. The fraction of sp³-hybridized carbons (Fsp3) is 0.393. The Morgan fingerprint density at radius 3 is 2.50 bits per heavy atom. The van der Waals surface area contributed by atoms with Gasteiger partial charge in [0.2, 0.25) is 6.79 Å². The lowest BCUT2D eigenvalue weighted by atomic mass is 9.79. The van der Waals surface area contributed by atoms with Crippen LogP contribution in [0.3, 0.4) is 0 Å². The number of piperidine rings is 1. The molecular weight excluding hydrogens is 426 g/mol. The molecule has 1 fully saturated rings. The fourth-order valence-corrected chi connectivity index (χ4v) is 5.54. The number of nitrogens with zero attached hydrogens (tertiary/aromatic N) is 1. The molecule has 0 amide bonds. The van der Waals surface area contributed by atoms with Gasteiger partial charge in [-0.3, -0.25) is 0 Å². The van der Waals surface area contributed by atoms with E-state index in [-0.39, 0.29) is 29.7 Å². The third kappa shape index (κ3) is 4.55. The van der Waals surface area contributed by atoms with Crippen molar-refractivity contribution in [1.29, 1.82) is 0 Å². The molecule has 3 aromatic rings. The Morgan fingerprint density at radius 1 is 0.971 bits per heavy atom. The molecule has 0 unspecified atom stereocenters. The molecule has 178 valence electrons. The molecule has 1 aromatic heterocycles. The van der Waals surface area contributed by atoms with Crippen molar-refractivity contribution in [1.82, 2.24) is 10.3 Å². The molecule has 3 heterocycles. The maximum absolute atomic E-state index is 10.6. The number of nitrogens with one attached hydrogen (secondary N) is 2. The first-order valence-electron chi connectivity index (χ1n) is 11.9. The number of anilines is 1. The normalized spacial score (nSPS) is 18.6.